The van der Waals surface area contributed by atoms with E-state index in [1.165, 1.54) is 17.2 Å². The van der Waals surface area contributed by atoms with E-state index in [-0.39, 0.29) is 17.0 Å². The summed E-state index contributed by atoms with van der Waals surface area (Å²) in [5.41, 5.74) is 6.20. The molecule has 0 radical (unpaired) electrons. The number of aliphatic hydroxyl groups excluding tert-OH is 2. The fourth-order valence-electron chi connectivity index (χ4n) is 2.53. The number of nitrogens with zero attached hydrogens (tertiary/aromatic N) is 4. The van der Waals surface area contributed by atoms with Gasteiger partial charge < -0.3 is 35.2 Å². The number of hydrogen-bond acceptors (Lipinski definition) is 9. The second-order valence-corrected chi connectivity index (χ2v) is 6.98. The quantitative estimate of drug-likeness (QED) is 0.309. The number of rotatable bonds is 5. The van der Waals surface area contributed by atoms with E-state index in [0.717, 1.165) is 6.08 Å². The van der Waals surface area contributed by atoms with E-state index in [4.69, 9.17) is 25.0 Å². The molecule has 0 saturated carbocycles. The van der Waals surface area contributed by atoms with Gasteiger partial charge in [-0.15, -0.1) is 0 Å². The summed E-state index contributed by atoms with van der Waals surface area (Å²) in [5, 5.41) is 20.6. The number of nitrogen functional groups attached to an aromatic ring is 1. The third kappa shape index (κ3) is 3.04. The number of fused-ring (bicyclic) bond motifs is 1. The van der Waals surface area contributed by atoms with E-state index >= 15 is 0 Å². The van der Waals surface area contributed by atoms with Gasteiger partial charge in [0.2, 0.25) is 5.79 Å². The van der Waals surface area contributed by atoms with Gasteiger partial charge in [-0.2, -0.15) is 0 Å². The van der Waals surface area contributed by atoms with Crippen LogP contribution in [0.25, 0.3) is 11.2 Å². The summed E-state index contributed by atoms with van der Waals surface area (Å²) >= 11 is 0. The molecular weight excluding hydrogens is 357 g/mol. The first-order valence-corrected chi connectivity index (χ1v) is 8.77. The molecule has 2 aromatic rings. The highest BCUT2D eigenvalue weighted by Crippen LogP contribution is 2.43. The van der Waals surface area contributed by atoms with Gasteiger partial charge in [-0.3, -0.25) is 9.13 Å². The van der Waals surface area contributed by atoms with Crippen LogP contribution in [0, 0.1) is 0 Å². The Hall–Kier alpha value is -1.92. The molecule has 0 amide bonds. The van der Waals surface area contributed by atoms with Crippen LogP contribution >= 0.6 is 7.60 Å². The lowest BCUT2D eigenvalue weighted by Gasteiger charge is -2.28. The lowest BCUT2D eigenvalue weighted by atomic mass is 10.1. The fourth-order valence-corrected chi connectivity index (χ4v) is 2.90. The minimum absolute atomic E-state index is 0.115. The Labute approximate surface area is 140 Å². The Morgan fingerprint density at radius 1 is 1.44 bits per heavy atom. The molecule has 12 nitrogen and oxygen atoms in total. The molecule has 1 aliphatic heterocycles. The monoisotopic (exact) mass is 373 g/mol. The summed E-state index contributed by atoms with van der Waals surface area (Å²) < 4.78 is 22.9. The van der Waals surface area contributed by atoms with E-state index < -0.39 is 38.2 Å². The molecule has 13 heteroatoms. The molecule has 6 N–H and O–H groups in total. The van der Waals surface area contributed by atoms with Gasteiger partial charge in [0.1, 0.15) is 24.1 Å². The second-order valence-electron chi connectivity index (χ2n) is 5.39. The number of ether oxygens (including phenoxy) is 2. The van der Waals surface area contributed by atoms with Crippen molar-refractivity contribution in [3.8, 4) is 0 Å². The normalized spacial score (nSPS) is 30.0. The first kappa shape index (κ1) is 17.9. The molecule has 0 aliphatic carbocycles. The van der Waals surface area contributed by atoms with Gasteiger partial charge in [-0.25, -0.2) is 15.0 Å². The van der Waals surface area contributed by atoms with Crippen molar-refractivity contribution in [2.24, 2.45) is 0 Å². The number of anilines is 1. The van der Waals surface area contributed by atoms with E-state index in [9.17, 15) is 14.8 Å². The van der Waals surface area contributed by atoms with Crippen LogP contribution < -0.4 is 5.73 Å². The van der Waals surface area contributed by atoms with Gasteiger partial charge in [0, 0.05) is 0 Å². The Balaban J connectivity index is 1.97. The smallest absolute Gasteiger partial charge is 0.351 e. The summed E-state index contributed by atoms with van der Waals surface area (Å²) in [6, 6.07) is 0. The van der Waals surface area contributed by atoms with Crippen LogP contribution in [0.5, 0.6) is 0 Å². The molecule has 1 saturated heterocycles. The van der Waals surface area contributed by atoms with Crippen molar-refractivity contribution in [1.82, 2.24) is 19.5 Å². The number of hydrogen-bond donors (Lipinski definition) is 5. The Kier molecular flexibility index (Phi) is 4.37. The topological polar surface area (TPSA) is 186 Å². The fraction of sp³-hybridized carbons (Fsp3) is 0.417. The third-order valence-corrected chi connectivity index (χ3v) is 4.20. The molecule has 4 atom stereocenters. The molecule has 136 valence electrons. The molecule has 3 heterocycles. The molecule has 1 fully saturated rings. The SMILES string of the molecule is C=C[C@]1(OCP(=O)(O)O)O[C@@H](n2cnc3c(N)ncnc32)[C@H](O)[C@@H]1O. The van der Waals surface area contributed by atoms with Gasteiger partial charge in [-0.05, 0) is 6.08 Å². The van der Waals surface area contributed by atoms with Gasteiger partial charge in [-0.1, -0.05) is 6.58 Å². The van der Waals surface area contributed by atoms with Crippen LogP contribution in [0.4, 0.5) is 5.82 Å². The zero-order valence-electron chi connectivity index (χ0n) is 12.7. The van der Waals surface area contributed by atoms with Crippen molar-refractivity contribution < 1.29 is 34.0 Å². The number of aromatic nitrogens is 4. The molecule has 2 aromatic heterocycles. The van der Waals surface area contributed by atoms with Gasteiger partial charge in [0.15, 0.2) is 24.0 Å². The van der Waals surface area contributed by atoms with E-state index in [1.807, 2.05) is 0 Å². The van der Waals surface area contributed by atoms with E-state index in [0.29, 0.717) is 0 Å². The molecule has 0 bridgehead atoms. The van der Waals surface area contributed by atoms with Crippen molar-refractivity contribution in [3.05, 3.63) is 25.3 Å². The lowest BCUT2D eigenvalue weighted by molar-refractivity contribution is -0.227. The standard InChI is InChI=1S/C12H16N5O7P/c1-2-12(23-5-25(20,21)22)8(19)7(18)11(24-12)17-4-16-6-9(13)14-3-15-10(6)17/h2-4,7-8,11,18-19H,1,5H2,(H2,13,14,15)(H2,20,21,22)/t7-,8+,11-,12+/m1/s1. The number of imidazole rings is 1. The van der Waals surface area contributed by atoms with Crippen molar-refractivity contribution in [3.63, 3.8) is 0 Å². The lowest BCUT2D eigenvalue weighted by Crippen LogP contribution is -2.44. The van der Waals surface area contributed by atoms with Crippen molar-refractivity contribution >= 4 is 24.6 Å². The molecule has 0 unspecified atom stereocenters. The molecule has 0 spiro atoms. The van der Waals surface area contributed by atoms with E-state index in [1.54, 1.807) is 0 Å². The molecule has 1 aliphatic rings. The van der Waals surface area contributed by atoms with Crippen LogP contribution in [-0.2, 0) is 14.0 Å². The van der Waals surface area contributed by atoms with Crippen LogP contribution in [0.1, 0.15) is 6.23 Å². The Bertz CT molecular complexity index is 853. The zero-order chi connectivity index (χ0) is 18.4. The number of aliphatic hydroxyl groups is 2. The zero-order valence-corrected chi connectivity index (χ0v) is 13.6. The summed E-state index contributed by atoms with van der Waals surface area (Å²) in [7, 11) is -4.54. The summed E-state index contributed by atoms with van der Waals surface area (Å²) in [6.07, 6.45) is -1.96. The summed E-state index contributed by atoms with van der Waals surface area (Å²) in [5.74, 6) is -1.91. The first-order valence-electron chi connectivity index (χ1n) is 6.97. The minimum atomic E-state index is -4.54. The highest BCUT2D eigenvalue weighted by atomic mass is 31.2. The van der Waals surface area contributed by atoms with Crippen LogP contribution in [0.2, 0.25) is 0 Å². The van der Waals surface area contributed by atoms with Crippen molar-refractivity contribution in [1.29, 1.82) is 0 Å². The van der Waals surface area contributed by atoms with E-state index in [2.05, 4.69) is 21.5 Å². The Morgan fingerprint density at radius 2 is 2.16 bits per heavy atom. The van der Waals surface area contributed by atoms with Crippen LogP contribution in [0.15, 0.2) is 25.3 Å². The average molecular weight is 373 g/mol. The van der Waals surface area contributed by atoms with Crippen molar-refractivity contribution in [2.45, 2.75) is 24.2 Å². The summed E-state index contributed by atoms with van der Waals surface area (Å²) in [6.45, 7) is 3.45. The third-order valence-electron chi connectivity index (χ3n) is 3.74. The minimum Gasteiger partial charge on any atom is -0.385 e. The maximum Gasteiger partial charge on any atom is 0.351 e. The number of nitrogens with two attached hydrogens (primary N) is 1. The average Bonchev–Trinajstić information content (AvgIpc) is 3.08. The first-order chi connectivity index (χ1) is 11.7. The van der Waals surface area contributed by atoms with Crippen LogP contribution in [0.3, 0.4) is 0 Å². The highest BCUT2D eigenvalue weighted by Gasteiger charge is 2.55. The molecule has 0 aromatic carbocycles. The predicted octanol–water partition coefficient (Wildman–Crippen LogP) is -1.31. The molecular formula is C12H16N5O7P. The van der Waals surface area contributed by atoms with Gasteiger partial charge in [0.25, 0.3) is 0 Å². The predicted molar refractivity (Wildman–Crippen MR) is 82.8 cm³/mol. The largest absolute Gasteiger partial charge is 0.385 e. The van der Waals surface area contributed by atoms with Crippen LogP contribution in [-0.4, -0.2) is 63.9 Å². The Morgan fingerprint density at radius 3 is 2.80 bits per heavy atom. The molecule has 25 heavy (non-hydrogen) atoms. The van der Waals surface area contributed by atoms with Gasteiger partial charge >= 0.3 is 7.60 Å². The highest BCUT2D eigenvalue weighted by molar-refractivity contribution is 7.51. The maximum absolute atomic E-state index is 11.0. The molecule has 3 rings (SSSR count). The van der Waals surface area contributed by atoms with Gasteiger partial charge in [0.05, 0.1) is 6.33 Å². The second kappa shape index (κ2) is 6.11. The maximum atomic E-state index is 11.0. The summed E-state index contributed by atoms with van der Waals surface area (Å²) in [4.78, 5) is 29.8. The van der Waals surface area contributed by atoms with Crippen molar-refractivity contribution in [2.75, 3.05) is 12.1 Å².